The first kappa shape index (κ1) is 17.9. The summed E-state index contributed by atoms with van der Waals surface area (Å²) in [7, 11) is 0. The number of hydrogen-bond acceptors (Lipinski definition) is 5. The van der Waals surface area contributed by atoms with E-state index in [0.29, 0.717) is 24.6 Å². The molecule has 0 fully saturated rings. The van der Waals surface area contributed by atoms with E-state index >= 15 is 0 Å². The van der Waals surface area contributed by atoms with Crippen molar-refractivity contribution in [1.82, 2.24) is 15.3 Å². The summed E-state index contributed by atoms with van der Waals surface area (Å²) in [6.45, 7) is 2.89. The number of amides is 1. The smallest absolute Gasteiger partial charge is 0.251 e. The minimum atomic E-state index is -0.117. The van der Waals surface area contributed by atoms with Crippen LogP contribution in [0.2, 0.25) is 0 Å². The Morgan fingerprint density at radius 3 is 2.65 bits per heavy atom. The molecule has 0 radical (unpaired) electrons. The van der Waals surface area contributed by atoms with Crippen LogP contribution in [-0.4, -0.2) is 22.5 Å². The van der Waals surface area contributed by atoms with E-state index < -0.39 is 0 Å². The molecule has 0 spiro atoms. The van der Waals surface area contributed by atoms with Crippen molar-refractivity contribution in [3.05, 3.63) is 78.1 Å². The van der Waals surface area contributed by atoms with Crippen molar-refractivity contribution in [2.45, 2.75) is 23.4 Å². The minimum Gasteiger partial charge on any atom is -0.478 e. The molecule has 0 saturated carbocycles. The highest BCUT2D eigenvalue weighted by Gasteiger charge is 2.07. The number of carbonyl (C=O) groups excluding carboxylic acids is 1. The number of nitrogens with zero attached hydrogens (tertiary/aromatic N) is 2. The molecule has 1 aromatic carbocycles. The predicted molar refractivity (Wildman–Crippen MR) is 101 cm³/mol. The molecular weight excluding hydrogens is 346 g/mol. The van der Waals surface area contributed by atoms with Crippen LogP contribution in [0.3, 0.4) is 0 Å². The van der Waals surface area contributed by atoms with Gasteiger partial charge in [-0.15, -0.1) is 0 Å². The first-order valence-electron chi connectivity index (χ1n) is 8.29. The van der Waals surface area contributed by atoms with Gasteiger partial charge in [0, 0.05) is 35.5 Å². The normalized spacial score (nSPS) is 10.3. The highest BCUT2D eigenvalue weighted by Crippen LogP contribution is 2.25. The summed E-state index contributed by atoms with van der Waals surface area (Å²) in [5, 5.41) is 3.84. The molecule has 0 saturated heterocycles. The van der Waals surface area contributed by atoms with Gasteiger partial charge in [0.05, 0.1) is 6.61 Å². The molecule has 0 aliphatic rings. The molecule has 1 N–H and O–H groups in total. The lowest BCUT2D eigenvalue weighted by Crippen LogP contribution is -2.22. The SMILES string of the molecule is CCOc1cc(CNC(=O)c2ccc(Sc3ccccn3)cc2)ccn1. The standard InChI is InChI=1S/C20H19N3O2S/c1-2-25-18-13-15(10-12-21-18)14-23-20(24)16-6-8-17(9-7-16)26-19-5-3-4-11-22-19/h3-13H,2,14H2,1H3,(H,23,24). The number of ether oxygens (including phenoxy) is 1. The second-order valence-corrected chi connectivity index (χ2v) is 6.51. The van der Waals surface area contributed by atoms with Gasteiger partial charge in [-0.1, -0.05) is 17.8 Å². The van der Waals surface area contributed by atoms with Crippen LogP contribution in [0.1, 0.15) is 22.8 Å². The van der Waals surface area contributed by atoms with Crippen molar-refractivity contribution in [3.8, 4) is 5.88 Å². The third-order valence-corrected chi connectivity index (χ3v) is 4.48. The van der Waals surface area contributed by atoms with Gasteiger partial charge < -0.3 is 10.1 Å². The fourth-order valence-electron chi connectivity index (χ4n) is 2.27. The first-order valence-corrected chi connectivity index (χ1v) is 9.11. The summed E-state index contributed by atoms with van der Waals surface area (Å²) in [6.07, 6.45) is 3.44. The molecule has 0 bridgehead atoms. The van der Waals surface area contributed by atoms with Gasteiger partial charge in [0.25, 0.3) is 5.91 Å². The Morgan fingerprint density at radius 1 is 1.08 bits per heavy atom. The van der Waals surface area contributed by atoms with Crippen LogP contribution in [0.5, 0.6) is 5.88 Å². The summed E-state index contributed by atoms with van der Waals surface area (Å²) in [6, 6.07) is 17.0. The van der Waals surface area contributed by atoms with Gasteiger partial charge in [0.1, 0.15) is 5.03 Å². The summed E-state index contributed by atoms with van der Waals surface area (Å²) < 4.78 is 5.37. The van der Waals surface area contributed by atoms with Crippen LogP contribution in [0, 0.1) is 0 Å². The Morgan fingerprint density at radius 2 is 1.92 bits per heavy atom. The molecule has 0 unspecified atom stereocenters. The molecule has 5 nitrogen and oxygen atoms in total. The maximum absolute atomic E-state index is 12.3. The van der Waals surface area contributed by atoms with Crippen molar-refractivity contribution in [1.29, 1.82) is 0 Å². The Balaban J connectivity index is 1.57. The zero-order valence-electron chi connectivity index (χ0n) is 14.4. The lowest BCUT2D eigenvalue weighted by Gasteiger charge is -2.08. The van der Waals surface area contributed by atoms with E-state index in [2.05, 4.69) is 15.3 Å². The fourth-order valence-corrected chi connectivity index (χ4v) is 3.05. The quantitative estimate of drug-likeness (QED) is 0.687. The molecule has 0 atom stereocenters. The van der Waals surface area contributed by atoms with Crippen molar-refractivity contribution in [3.63, 3.8) is 0 Å². The topological polar surface area (TPSA) is 64.1 Å². The van der Waals surface area contributed by atoms with Gasteiger partial charge in [0.15, 0.2) is 0 Å². The number of aromatic nitrogens is 2. The molecular formula is C20H19N3O2S. The van der Waals surface area contributed by atoms with E-state index in [-0.39, 0.29) is 5.91 Å². The predicted octanol–water partition coefficient (Wildman–Crippen LogP) is 3.96. The molecule has 0 aliphatic carbocycles. The second-order valence-electron chi connectivity index (χ2n) is 5.41. The lowest BCUT2D eigenvalue weighted by molar-refractivity contribution is 0.0950. The summed E-state index contributed by atoms with van der Waals surface area (Å²) >= 11 is 1.56. The van der Waals surface area contributed by atoms with E-state index in [1.807, 2.05) is 61.5 Å². The highest BCUT2D eigenvalue weighted by molar-refractivity contribution is 7.99. The molecule has 2 aromatic heterocycles. The van der Waals surface area contributed by atoms with Gasteiger partial charge in [-0.25, -0.2) is 9.97 Å². The number of pyridine rings is 2. The van der Waals surface area contributed by atoms with E-state index in [0.717, 1.165) is 15.5 Å². The van der Waals surface area contributed by atoms with Crippen molar-refractivity contribution < 1.29 is 9.53 Å². The zero-order valence-corrected chi connectivity index (χ0v) is 15.2. The average molecular weight is 365 g/mol. The van der Waals surface area contributed by atoms with Crippen LogP contribution in [0.4, 0.5) is 0 Å². The van der Waals surface area contributed by atoms with Crippen LogP contribution >= 0.6 is 11.8 Å². The number of benzene rings is 1. The Labute approximate surface area is 156 Å². The van der Waals surface area contributed by atoms with Crippen LogP contribution in [-0.2, 0) is 6.54 Å². The molecule has 3 aromatic rings. The van der Waals surface area contributed by atoms with Gasteiger partial charge in [-0.05, 0) is 55.0 Å². The number of hydrogen-bond donors (Lipinski definition) is 1. The Hall–Kier alpha value is -2.86. The van der Waals surface area contributed by atoms with Crippen LogP contribution < -0.4 is 10.1 Å². The highest BCUT2D eigenvalue weighted by atomic mass is 32.2. The number of carbonyl (C=O) groups is 1. The molecule has 3 rings (SSSR count). The number of nitrogens with one attached hydrogen (secondary N) is 1. The third-order valence-electron chi connectivity index (χ3n) is 3.52. The van der Waals surface area contributed by atoms with E-state index in [1.165, 1.54) is 0 Å². The Kier molecular flexibility index (Phi) is 6.22. The van der Waals surface area contributed by atoms with E-state index in [4.69, 9.17) is 4.74 Å². The zero-order chi connectivity index (χ0) is 18.2. The van der Waals surface area contributed by atoms with Crippen LogP contribution in [0.15, 0.2) is 76.9 Å². The van der Waals surface area contributed by atoms with Crippen LogP contribution in [0.25, 0.3) is 0 Å². The minimum absolute atomic E-state index is 0.117. The van der Waals surface area contributed by atoms with Gasteiger partial charge in [-0.3, -0.25) is 4.79 Å². The average Bonchev–Trinajstić information content (AvgIpc) is 2.68. The summed E-state index contributed by atoms with van der Waals surface area (Å²) in [5.74, 6) is 0.448. The first-order chi connectivity index (χ1) is 12.7. The van der Waals surface area contributed by atoms with Gasteiger partial charge in [0.2, 0.25) is 5.88 Å². The molecule has 1 amide bonds. The second kappa shape index (κ2) is 9.01. The monoisotopic (exact) mass is 365 g/mol. The maximum Gasteiger partial charge on any atom is 0.251 e. The Bertz CT molecular complexity index is 854. The number of rotatable bonds is 7. The van der Waals surface area contributed by atoms with Gasteiger partial charge >= 0.3 is 0 Å². The molecule has 26 heavy (non-hydrogen) atoms. The van der Waals surface area contributed by atoms with Crippen molar-refractivity contribution >= 4 is 17.7 Å². The van der Waals surface area contributed by atoms with E-state index in [1.54, 1.807) is 24.2 Å². The van der Waals surface area contributed by atoms with Gasteiger partial charge in [-0.2, -0.15) is 0 Å². The molecule has 2 heterocycles. The lowest BCUT2D eigenvalue weighted by atomic mass is 10.2. The maximum atomic E-state index is 12.3. The third kappa shape index (κ3) is 5.07. The largest absolute Gasteiger partial charge is 0.478 e. The van der Waals surface area contributed by atoms with Crippen molar-refractivity contribution in [2.75, 3.05) is 6.61 Å². The summed E-state index contributed by atoms with van der Waals surface area (Å²) in [4.78, 5) is 21.8. The summed E-state index contributed by atoms with van der Waals surface area (Å²) in [5.41, 5.74) is 1.56. The molecule has 0 aliphatic heterocycles. The molecule has 6 heteroatoms. The van der Waals surface area contributed by atoms with E-state index in [9.17, 15) is 4.79 Å². The fraction of sp³-hybridized carbons (Fsp3) is 0.150. The molecule has 132 valence electrons. The van der Waals surface area contributed by atoms with Crippen molar-refractivity contribution in [2.24, 2.45) is 0 Å².